The Bertz CT molecular complexity index is 1040. The zero-order valence-corrected chi connectivity index (χ0v) is 13.5. The average molecular weight is 334 g/mol. The Labute approximate surface area is 143 Å². The molecule has 0 fully saturated rings. The minimum atomic E-state index is -0.335. The van der Waals surface area contributed by atoms with Gasteiger partial charge in [-0.15, -0.1) is 0 Å². The van der Waals surface area contributed by atoms with Gasteiger partial charge in [-0.3, -0.25) is 0 Å². The van der Waals surface area contributed by atoms with Crippen LogP contribution >= 0.6 is 0 Å². The lowest BCUT2D eigenvalue weighted by Crippen LogP contribution is -2.01. The predicted octanol–water partition coefficient (Wildman–Crippen LogP) is 4.29. The smallest absolute Gasteiger partial charge is 0.155 e. The second-order valence-electron chi connectivity index (χ2n) is 5.44. The highest BCUT2D eigenvalue weighted by Crippen LogP contribution is 2.29. The fraction of sp³-hybridized carbons (Fsp3) is 0.0526. The minimum absolute atomic E-state index is 0.335. The van der Waals surface area contributed by atoms with Crippen molar-refractivity contribution in [3.05, 3.63) is 72.7 Å². The van der Waals surface area contributed by atoms with Crippen LogP contribution in [0.5, 0.6) is 5.75 Å². The lowest BCUT2D eigenvalue weighted by Gasteiger charge is -2.09. The van der Waals surface area contributed by atoms with E-state index in [0.717, 1.165) is 17.0 Å². The highest BCUT2D eigenvalue weighted by atomic mass is 19.1. The maximum atomic E-state index is 13.9. The molecule has 4 aromatic rings. The topological polar surface area (TPSA) is 51.5 Å². The summed E-state index contributed by atoms with van der Waals surface area (Å²) in [4.78, 5) is 4.31. The molecule has 0 radical (unpaired) electrons. The van der Waals surface area contributed by atoms with Crippen molar-refractivity contribution in [3.8, 4) is 17.0 Å². The van der Waals surface area contributed by atoms with Crippen molar-refractivity contribution in [2.24, 2.45) is 0 Å². The van der Waals surface area contributed by atoms with E-state index >= 15 is 0 Å². The first-order valence-corrected chi connectivity index (χ1v) is 7.76. The van der Waals surface area contributed by atoms with E-state index in [1.807, 2.05) is 36.4 Å². The number of imidazole rings is 1. The summed E-state index contributed by atoms with van der Waals surface area (Å²) in [5, 5.41) is 7.66. The van der Waals surface area contributed by atoms with Gasteiger partial charge in [0, 0.05) is 5.56 Å². The minimum Gasteiger partial charge on any atom is -0.496 e. The molecule has 6 heteroatoms. The van der Waals surface area contributed by atoms with Crippen LogP contribution in [0.15, 0.2) is 66.9 Å². The van der Waals surface area contributed by atoms with Gasteiger partial charge in [0.05, 0.1) is 24.7 Å². The SMILES string of the molecule is COc1ccccc1-c1ccc2ncc(Nc3ccccc3F)n2n1. The highest BCUT2D eigenvalue weighted by Gasteiger charge is 2.11. The Hall–Kier alpha value is -3.41. The van der Waals surface area contributed by atoms with Gasteiger partial charge in [-0.25, -0.2) is 9.37 Å². The van der Waals surface area contributed by atoms with E-state index in [-0.39, 0.29) is 5.82 Å². The Morgan fingerprint density at radius 3 is 2.64 bits per heavy atom. The van der Waals surface area contributed by atoms with E-state index in [1.165, 1.54) is 6.07 Å². The molecule has 25 heavy (non-hydrogen) atoms. The number of anilines is 2. The van der Waals surface area contributed by atoms with Crippen LogP contribution in [0.1, 0.15) is 0 Å². The molecule has 4 rings (SSSR count). The van der Waals surface area contributed by atoms with Gasteiger partial charge in [0.1, 0.15) is 11.6 Å². The van der Waals surface area contributed by atoms with Gasteiger partial charge in [0.2, 0.25) is 0 Å². The standard InChI is InChI=1S/C19H15FN4O/c1-25-17-9-5-2-6-13(17)15-10-11-18-21-12-19(24(18)23-15)22-16-8-4-3-7-14(16)20/h2-12,22H,1H3. The number of hydrogen-bond donors (Lipinski definition) is 1. The van der Waals surface area contributed by atoms with Crippen LogP contribution in [0.3, 0.4) is 0 Å². The number of ether oxygens (including phenoxy) is 1. The van der Waals surface area contributed by atoms with Crippen LogP contribution in [-0.2, 0) is 0 Å². The van der Waals surface area contributed by atoms with Gasteiger partial charge in [0.25, 0.3) is 0 Å². The molecule has 0 spiro atoms. The maximum Gasteiger partial charge on any atom is 0.155 e. The largest absolute Gasteiger partial charge is 0.496 e. The Kier molecular flexibility index (Phi) is 3.78. The Morgan fingerprint density at radius 1 is 1.00 bits per heavy atom. The lowest BCUT2D eigenvalue weighted by atomic mass is 10.1. The molecule has 1 N–H and O–H groups in total. The molecule has 2 aromatic carbocycles. The summed E-state index contributed by atoms with van der Waals surface area (Å²) in [5.41, 5.74) is 2.64. The van der Waals surface area contributed by atoms with Crippen LogP contribution in [-0.4, -0.2) is 21.7 Å². The molecular weight excluding hydrogens is 319 g/mol. The third-order valence-corrected chi connectivity index (χ3v) is 3.88. The van der Waals surface area contributed by atoms with E-state index in [4.69, 9.17) is 4.74 Å². The molecule has 5 nitrogen and oxygen atoms in total. The first-order chi connectivity index (χ1) is 12.3. The molecule has 0 saturated carbocycles. The average Bonchev–Trinajstić information content (AvgIpc) is 3.05. The summed E-state index contributed by atoms with van der Waals surface area (Å²) in [6.07, 6.45) is 1.63. The van der Waals surface area contributed by atoms with Crippen LogP contribution in [0.25, 0.3) is 16.9 Å². The summed E-state index contributed by atoms with van der Waals surface area (Å²) < 4.78 is 20.9. The summed E-state index contributed by atoms with van der Waals surface area (Å²) in [6.45, 7) is 0. The number of methoxy groups -OCH3 is 1. The summed E-state index contributed by atoms with van der Waals surface area (Å²) in [5.74, 6) is 0.980. The van der Waals surface area contributed by atoms with Gasteiger partial charge in [0.15, 0.2) is 11.5 Å². The fourth-order valence-electron chi connectivity index (χ4n) is 2.66. The molecule has 0 amide bonds. The predicted molar refractivity (Wildman–Crippen MR) is 94.7 cm³/mol. The van der Waals surface area contributed by atoms with Crippen molar-refractivity contribution in [2.75, 3.05) is 12.4 Å². The lowest BCUT2D eigenvalue weighted by molar-refractivity contribution is 0.416. The van der Waals surface area contributed by atoms with Crippen molar-refractivity contribution in [3.63, 3.8) is 0 Å². The molecule has 2 heterocycles. The third-order valence-electron chi connectivity index (χ3n) is 3.88. The van der Waals surface area contributed by atoms with Crippen molar-refractivity contribution in [1.29, 1.82) is 0 Å². The maximum absolute atomic E-state index is 13.9. The van der Waals surface area contributed by atoms with Gasteiger partial charge < -0.3 is 10.1 Å². The van der Waals surface area contributed by atoms with E-state index < -0.39 is 0 Å². The number of rotatable bonds is 4. The van der Waals surface area contributed by atoms with Crippen LogP contribution < -0.4 is 10.1 Å². The molecular formula is C19H15FN4O. The number of hydrogen-bond acceptors (Lipinski definition) is 4. The second kappa shape index (κ2) is 6.24. The van der Waals surface area contributed by atoms with E-state index in [9.17, 15) is 4.39 Å². The molecule has 0 saturated heterocycles. The van der Waals surface area contributed by atoms with Gasteiger partial charge >= 0.3 is 0 Å². The van der Waals surface area contributed by atoms with E-state index in [1.54, 1.807) is 36.0 Å². The monoisotopic (exact) mass is 334 g/mol. The van der Waals surface area contributed by atoms with E-state index in [0.29, 0.717) is 17.2 Å². The molecule has 2 aromatic heterocycles. The van der Waals surface area contributed by atoms with Gasteiger partial charge in [-0.05, 0) is 36.4 Å². The van der Waals surface area contributed by atoms with Crippen molar-refractivity contribution >= 4 is 17.2 Å². The molecule has 0 aliphatic rings. The number of para-hydroxylation sites is 2. The van der Waals surface area contributed by atoms with Gasteiger partial charge in [-0.2, -0.15) is 9.61 Å². The quantitative estimate of drug-likeness (QED) is 0.605. The van der Waals surface area contributed by atoms with Crippen LogP contribution in [0, 0.1) is 5.82 Å². The summed E-state index contributed by atoms with van der Waals surface area (Å²) in [6, 6.07) is 17.9. The third kappa shape index (κ3) is 2.78. The Morgan fingerprint density at radius 2 is 1.80 bits per heavy atom. The number of halogens is 1. The normalized spacial score (nSPS) is 10.8. The highest BCUT2D eigenvalue weighted by molar-refractivity contribution is 5.68. The van der Waals surface area contributed by atoms with Gasteiger partial charge in [-0.1, -0.05) is 24.3 Å². The van der Waals surface area contributed by atoms with Crippen LogP contribution in [0.2, 0.25) is 0 Å². The summed E-state index contributed by atoms with van der Waals surface area (Å²) >= 11 is 0. The first kappa shape index (κ1) is 15.1. The number of aromatic nitrogens is 3. The first-order valence-electron chi connectivity index (χ1n) is 7.76. The van der Waals surface area contributed by atoms with E-state index in [2.05, 4.69) is 15.4 Å². The molecule has 0 bridgehead atoms. The number of nitrogens with one attached hydrogen (secondary N) is 1. The summed E-state index contributed by atoms with van der Waals surface area (Å²) in [7, 11) is 1.62. The zero-order valence-electron chi connectivity index (χ0n) is 13.5. The van der Waals surface area contributed by atoms with Crippen molar-refractivity contribution in [1.82, 2.24) is 14.6 Å². The molecule has 124 valence electrons. The molecule has 0 aliphatic carbocycles. The molecule has 0 unspecified atom stereocenters. The number of nitrogens with zero attached hydrogens (tertiary/aromatic N) is 3. The van der Waals surface area contributed by atoms with Crippen LogP contribution in [0.4, 0.5) is 15.9 Å². The fourth-order valence-corrected chi connectivity index (χ4v) is 2.66. The zero-order chi connectivity index (χ0) is 17.2. The molecule has 0 aliphatic heterocycles. The number of benzene rings is 2. The molecule has 0 atom stereocenters. The Balaban J connectivity index is 1.79. The van der Waals surface area contributed by atoms with Crippen molar-refractivity contribution < 1.29 is 9.13 Å². The number of fused-ring (bicyclic) bond motifs is 1. The van der Waals surface area contributed by atoms with Crippen molar-refractivity contribution in [2.45, 2.75) is 0 Å². The second-order valence-corrected chi connectivity index (χ2v) is 5.44.